The van der Waals surface area contributed by atoms with Crippen LogP contribution in [-0.2, 0) is 11.2 Å². The van der Waals surface area contributed by atoms with Crippen LogP contribution in [0.4, 0.5) is 0 Å². The fourth-order valence-electron chi connectivity index (χ4n) is 3.16. The number of carbonyl (C=O) groups is 1. The zero-order valence-corrected chi connectivity index (χ0v) is 14.4. The molecular formula is C17H25ClN2O3. The molecule has 1 fully saturated rings. The number of halogens is 1. The Hall–Kier alpha value is -1.46. The molecule has 1 N–H and O–H groups in total. The van der Waals surface area contributed by atoms with Gasteiger partial charge in [-0.1, -0.05) is 6.07 Å². The SMILES string of the molecule is CNCCC1CCN(C(=O)Cc2ccc3c(c2)OCO3)CC1.Cl. The summed E-state index contributed by atoms with van der Waals surface area (Å²) < 4.78 is 10.7. The van der Waals surface area contributed by atoms with Crippen LogP contribution in [0.1, 0.15) is 24.8 Å². The maximum absolute atomic E-state index is 12.4. The first kappa shape index (κ1) is 17.9. The van der Waals surface area contributed by atoms with Gasteiger partial charge in [0.25, 0.3) is 0 Å². The normalized spacial score (nSPS) is 17.0. The van der Waals surface area contributed by atoms with Crippen molar-refractivity contribution in [2.75, 3.05) is 33.5 Å². The van der Waals surface area contributed by atoms with Crippen molar-refractivity contribution in [1.29, 1.82) is 0 Å². The van der Waals surface area contributed by atoms with Gasteiger partial charge in [-0.15, -0.1) is 12.4 Å². The fourth-order valence-corrected chi connectivity index (χ4v) is 3.16. The molecule has 5 nitrogen and oxygen atoms in total. The number of rotatable bonds is 5. The number of amides is 1. The van der Waals surface area contributed by atoms with Gasteiger partial charge in [0.05, 0.1) is 6.42 Å². The van der Waals surface area contributed by atoms with E-state index in [2.05, 4.69) is 5.32 Å². The van der Waals surface area contributed by atoms with Gasteiger partial charge in [-0.2, -0.15) is 0 Å². The highest BCUT2D eigenvalue weighted by Gasteiger charge is 2.23. The Morgan fingerprint density at radius 3 is 2.74 bits per heavy atom. The van der Waals surface area contributed by atoms with Gasteiger partial charge in [-0.05, 0) is 56.5 Å². The number of fused-ring (bicyclic) bond motifs is 1. The lowest BCUT2D eigenvalue weighted by atomic mass is 9.93. The van der Waals surface area contributed by atoms with Gasteiger partial charge < -0.3 is 19.7 Å². The van der Waals surface area contributed by atoms with Crippen LogP contribution in [0, 0.1) is 5.92 Å². The number of piperidine rings is 1. The fraction of sp³-hybridized carbons (Fsp3) is 0.588. The molecule has 0 aliphatic carbocycles. The molecule has 1 amide bonds. The molecule has 2 heterocycles. The Kier molecular flexibility index (Phi) is 6.54. The number of nitrogens with zero attached hydrogens (tertiary/aromatic N) is 1. The Balaban J connectivity index is 0.00000192. The molecule has 0 saturated carbocycles. The molecule has 0 radical (unpaired) electrons. The quantitative estimate of drug-likeness (QED) is 0.893. The number of hydrogen-bond donors (Lipinski definition) is 1. The van der Waals surface area contributed by atoms with Crippen LogP contribution in [0.25, 0.3) is 0 Å². The van der Waals surface area contributed by atoms with Gasteiger partial charge >= 0.3 is 0 Å². The summed E-state index contributed by atoms with van der Waals surface area (Å²) in [4.78, 5) is 14.4. The number of ether oxygens (including phenoxy) is 2. The Morgan fingerprint density at radius 2 is 2.00 bits per heavy atom. The summed E-state index contributed by atoms with van der Waals surface area (Å²) in [6, 6.07) is 5.75. The standard InChI is InChI=1S/C17H24N2O3.ClH/c1-18-7-4-13-5-8-19(9-6-13)17(20)11-14-2-3-15-16(10-14)22-12-21-15;/h2-3,10,13,18H,4-9,11-12H2,1H3;1H. The molecule has 3 rings (SSSR count). The van der Waals surface area contributed by atoms with E-state index >= 15 is 0 Å². The van der Waals surface area contributed by atoms with Crippen molar-refractivity contribution >= 4 is 18.3 Å². The first-order valence-corrected chi connectivity index (χ1v) is 8.07. The average molecular weight is 341 g/mol. The zero-order chi connectivity index (χ0) is 15.4. The minimum atomic E-state index is 0. The van der Waals surface area contributed by atoms with Crippen LogP contribution in [0.15, 0.2) is 18.2 Å². The third kappa shape index (κ3) is 4.52. The van der Waals surface area contributed by atoms with Crippen LogP contribution in [0.2, 0.25) is 0 Å². The van der Waals surface area contributed by atoms with Crippen molar-refractivity contribution in [3.05, 3.63) is 23.8 Å². The van der Waals surface area contributed by atoms with E-state index in [1.807, 2.05) is 30.1 Å². The van der Waals surface area contributed by atoms with Crippen molar-refractivity contribution in [2.24, 2.45) is 5.92 Å². The highest BCUT2D eigenvalue weighted by Crippen LogP contribution is 2.32. The summed E-state index contributed by atoms with van der Waals surface area (Å²) in [7, 11) is 1.99. The van der Waals surface area contributed by atoms with E-state index in [1.165, 1.54) is 6.42 Å². The summed E-state index contributed by atoms with van der Waals surface area (Å²) in [5, 5.41) is 3.20. The molecule has 128 valence electrons. The molecule has 0 bridgehead atoms. The first-order chi connectivity index (χ1) is 10.8. The highest BCUT2D eigenvalue weighted by atomic mass is 35.5. The molecule has 0 atom stereocenters. The number of hydrogen-bond acceptors (Lipinski definition) is 4. The molecule has 0 spiro atoms. The molecule has 2 aliphatic rings. The van der Waals surface area contributed by atoms with Crippen LogP contribution in [0.3, 0.4) is 0 Å². The van der Waals surface area contributed by atoms with Gasteiger partial charge in [0.1, 0.15) is 0 Å². The molecule has 0 unspecified atom stereocenters. The lowest BCUT2D eigenvalue weighted by Crippen LogP contribution is -2.39. The van der Waals surface area contributed by atoms with Crippen molar-refractivity contribution in [1.82, 2.24) is 10.2 Å². The molecule has 2 aliphatic heterocycles. The lowest BCUT2D eigenvalue weighted by molar-refractivity contribution is -0.131. The number of likely N-dealkylation sites (tertiary alicyclic amines) is 1. The van der Waals surface area contributed by atoms with Gasteiger partial charge in [0.2, 0.25) is 12.7 Å². The number of nitrogens with one attached hydrogen (secondary N) is 1. The van der Waals surface area contributed by atoms with Crippen LogP contribution < -0.4 is 14.8 Å². The largest absolute Gasteiger partial charge is 0.454 e. The van der Waals surface area contributed by atoms with Gasteiger partial charge in [-0.25, -0.2) is 0 Å². The van der Waals surface area contributed by atoms with E-state index in [-0.39, 0.29) is 25.1 Å². The first-order valence-electron chi connectivity index (χ1n) is 8.07. The Morgan fingerprint density at radius 1 is 1.26 bits per heavy atom. The number of carbonyl (C=O) groups excluding carboxylic acids is 1. The topological polar surface area (TPSA) is 50.8 Å². The van der Waals surface area contributed by atoms with Gasteiger partial charge in [-0.3, -0.25) is 4.79 Å². The van der Waals surface area contributed by atoms with Crippen LogP contribution in [-0.4, -0.2) is 44.3 Å². The Labute approximate surface area is 143 Å². The maximum Gasteiger partial charge on any atom is 0.231 e. The summed E-state index contributed by atoms with van der Waals surface area (Å²) >= 11 is 0. The molecular weight excluding hydrogens is 316 g/mol. The monoisotopic (exact) mass is 340 g/mol. The molecule has 1 aromatic rings. The van der Waals surface area contributed by atoms with Crippen molar-refractivity contribution in [3.63, 3.8) is 0 Å². The molecule has 1 saturated heterocycles. The molecule has 6 heteroatoms. The average Bonchev–Trinajstić information content (AvgIpc) is 3.01. The predicted molar refractivity (Wildman–Crippen MR) is 91.4 cm³/mol. The molecule has 1 aromatic carbocycles. The van der Waals surface area contributed by atoms with E-state index in [4.69, 9.17) is 9.47 Å². The highest BCUT2D eigenvalue weighted by molar-refractivity contribution is 5.85. The zero-order valence-electron chi connectivity index (χ0n) is 13.5. The van der Waals surface area contributed by atoms with E-state index in [0.29, 0.717) is 6.42 Å². The summed E-state index contributed by atoms with van der Waals surface area (Å²) in [5.41, 5.74) is 0.992. The van der Waals surface area contributed by atoms with E-state index in [1.54, 1.807) is 0 Å². The van der Waals surface area contributed by atoms with E-state index in [9.17, 15) is 4.79 Å². The Bertz CT molecular complexity index is 531. The van der Waals surface area contributed by atoms with Crippen molar-refractivity contribution in [3.8, 4) is 11.5 Å². The third-order valence-electron chi connectivity index (χ3n) is 4.56. The van der Waals surface area contributed by atoms with E-state index in [0.717, 1.165) is 55.5 Å². The van der Waals surface area contributed by atoms with E-state index < -0.39 is 0 Å². The van der Waals surface area contributed by atoms with Crippen LogP contribution in [0.5, 0.6) is 11.5 Å². The summed E-state index contributed by atoms with van der Waals surface area (Å²) in [5.74, 6) is 2.48. The second kappa shape index (κ2) is 8.41. The number of benzene rings is 1. The maximum atomic E-state index is 12.4. The van der Waals surface area contributed by atoms with Crippen molar-refractivity contribution in [2.45, 2.75) is 25.7 Å². The van der Waals surface area contributed by atoms with Gasteiger partial charge in [0, 0.05) is 13.1 Å². The molecule has 0 aromatic heterocycles. The lowest BCUT2D eigenvalue weighted by Gasteiger charge is -2.32. The van der Waals surface area contributed by atoms with Crippen LogP contribution >= 0.6 is 12.4 Å². The predicted octanol–water partition coefficient (Wildman–Crippen LogP) is 2.23. The van der Waals surface area contributed by atoms with Gasteiger partial charge in [0.15, 0.2) is 11.5 Å². The minimum absolute atomic E-state index is 0. The minimum Gasteiger partial charge on any atom is -0.454 e. The van der Waals surface area contributed by atoms with Crippen molar-refractivity contribution < 1.29 is 14.3 Å². The smallest absolute Gasteiger partial charge is 0.231 e. The third-order valence-corrected chi connectivity index (χ3v) is 4.56. The summed E-state index contributed by atoms with van der Waals surface area (Å²) in [6.45, 7) is 3.11. The molecule has 23 heavy (non-hydrogen) atoms. The summed E-state index contributed by atoms with van der Waals surface area (Å²) in [6.07, 6.45) is 3.89. The second-order valence-electron chi connectivity index (χ2n) is 6.08. The second-order valence-corrected chi connectivity index (χ2v) is 6.08.